The van der Waals surface area contributed by atoms with E-state index in [1.807, 2.05) is 13.8 Å². The van der Waals surface area contributed by atoms with Crippen molar-refractivity contribution in [1.29, 1.82) is 0 Å². The van der Waals surface area contributed by atoms with Crippen molar-refractivity contribution in [1.82, 2.24) is 10.6 Å². The van der Waals surface area contributed by atoms with Gasteiger partial charge in [0.25, 0.3) is 0 Å². The topological polar surface area (TPSA) is 94.8 Å². The molecular weight excluding hydrogens is 429 g/mol. The number of methoxy groups -OCH3 is 1. The van der Waals surface area contributed by atoms with Gasteiger partial charge in [0.2, 0.25) is 0 Å². The Morgan fingerprint density at radius 1 is 1.15 bits per heavy atom. The van der Waals surface area contributed by atoms with Crippen molar-refractivity contribution in [3.8, 4) is 17.0 Å². The molecule has 3 aromatic rings. The van der Waals surface area contributed by atoms with Crippen LogP contribution in [0.2, 0.25) is 0 Å². The summed E-state index contributed by atoms with van der Waals surface area (Å²) in [5, 5.41) is 7.16. The Kier molecular flexibility index (Phi) is 8.43. The summed E-state index contributed by atoms with van der Waals surface area (Å²) in [6.45, 7) is 5.01. The van der Waals surface area contributed by atoms with Crippen LogP contribution < -0.4 is 15.5 Å². The third kappa shape index (κ3) is 6.33. The van der Waals surface area contributed by atoms with E-state index in [0.717, 1.165) is 6.42 Å². The van der Waals surface area contributed by atoms with Crippen molar-refractivity contribution in [2.24, 2.45) is 0 Å². The van der Waals surface area contributed by atoms with Gasteiger partial charge in [-0.25, -0.2) is 9.18 Å². The van der Waals surface area contributed by atoms with E-state index in [9.17, 15) is 9.18 Å². The highest BCUT2D eigenvalue weighted by molar-refractivity contribution is 5.96. The minimum Gasteiger partial charge on any atom is -0.465 e. The number of rotatable bonds is 11. The summed E-state index contributed by atoms with van der Waals surface area (Å²) < 4.78 is 29.3. The number of hydrogen-bond donors (Lipinski definition) is 2. The summed E-state index contributed by atoms with van der Waals surface area (Å²) in [5.41, 5.74) is 5.39. The van der Waals surface area contributed by atoms with Gasteiger partial charge in [0.05, 0.1) is 19.3 Å². The molecule has 0 atom stereocenters. The van der Waals surface area contributed by atoms with E-state index in [4.69, 9.17) is 18.8 Å². The van der Waals surface area contributed by atoms with Crippen LogP contribution >= 0.6 is 0 Å². The SMILES string of the molecule is CCCONC(=COc1ccc(NCC)c(C(=O)OC)c1)c1cc(-c2ccc(F)cc2)no1. The number of nitrogens with zero attached hydrogens (tertiary/aromatic N) is 1. The number of benzene rings is 2. The highest BCUT2D eigenvalue weighted by Crippen LogP contribution is 2.26. The molecule has 0 radical (unpaired) electrons. The molecule has 3 rings (SSSR count). The molecule has 0 saturated carbocycles. The van der Waals surface area contributed by atoms with Gasteiger partial charge in [-0.15, -0.1) is 0 Å². The third-order valence-electron chi connectivity index (χ3n) is 4.48. The Labute approximate surface area is 191 Å². The number of nitrogens with one attached hydrogen (secondary N) is 2. The highest BCUT2D eigenvalue weighted by Gasteiger charge is 2.15. The molecule has 0 unspecified atom stereocenters. The highest BCUT2D eigenvalue weighted by atomic mass is 19.1. The zero-order valence-electron chi connectivity index (χ0n) is 18.7. The maximum Gasteiger partial charge on any atom is 0.340 e. The summed E-state index contributed by atoms with van der Waals surface area (Å²) in [6.07, 6.45) is 2.20. The number of hydroxylamine groups is 1. The Hall–Kier alpha value is -3.85. The van der Waals surface area contributed by atoms with Gasteiger partial charge in [0.1, 0.15) is 29.2 Å². The monoisotopic (exact) mass is 455 g/mol. The fourth-order valence-corrected chi connectivity index (χ4v) is 2.87. The molecule has 0 saturated heterocycles. The standard InChI is InChI=1S/C24H26FN3O5/c1-4-12-32-27-22(23-14-21(28-33-23)16-6-8-17(25)9-7-16)15-31-18-10-11-20(26-5-2)19(13-18)24(29)30-3/h6-11,13-15,26-27H,4-5,12H2,1-3H3. The molecule has 1 heterocycles. The minimum absolute atomic E-state index is 0.336. The predicted molar refractivity (Wildman–Crippen MR) is 122 cm³/mol. The molecule has 8 nitrogen and oxygen atoms in total. The van der Waals surface area contributed by atoms with Gasteiger partial charge in [0.15, 0.2) is 5.76 Å². The number of hydrogen-bond acceptors (Lipinski definition) is 8. The second-order valence-electron chi connectivity index (χ2n) is 6.91. The Morgan fingerprint density at radius 3 is 2.64 bits per heavy atom. The van der Waals surface area contributed by atoms with Crippen LogP contribution in [-0.4, -0.2) is 31.4 Å². The molecule has 1 aromatic heterocycles. The van der Waals surface area contributed by atoms with Crippen LogP contribution in [0.5, 0.6) is 5.75 Å². The first-order valence-electron chi connectivity index (χ1n) is 10.5. The van der Waals surface area contributed by atoms with E-state index in [0.29, 0.717) is 52.9 Å². The summed E-state index contributed by atoms with van der Waals surface area (Å²) in [7, 11) is 1.32. The Balaban J connectivity index is 1.86. The average Bonchev–Trinajstić information content (AvgIpc) is 3.32. The molecule has 0 bridgehead atoms. The van der Waals surface area contributed by atoms with Crippen molar-refractivity contribution in [3.63, 3.8) is 0 Å². The van der Waals surface area contributed by atoms with Crippen molar-refractivity contribution >= 4 is 17.4 Å². The number of ether oxygens (including phenoxy) is 2. The lowest BCUT2D eigenvalue weighted by molar-refractivity contribution is 0.0601. The largest absolute Gasteiger partial charge is 0.465 e. The third-order valence-corrected chi connectivity index (χ3v) is 4.48. The van der Waals surface area contributed by atoms with Gasteiger partial charge in [-0.1, -0.05) is 12.1 Å². The number of esters is 1. The number of anilines is 1. The number of carbonyl (C=O) groups excluding carboxylic acids is 1. The number of aromatic nitrogens is 1. The summed E-state index contributed by atoms with van der Waals surface area (Å²) in [6, 6.07) is 12.6. The Morgan fingerprint density at radius 2 is 1.94 bits per heavy atom. The van der Waals surface area contributed by atoms with Crippen LogP contribution in [0.4, 0.5) is 10.1 Å². The van der Waals surface area contributed by atoms with Gasteiger partial charge in [0, 0.05) is 23.9 Å². The van der Waals surface area contributed by atoms with Gasteiger partial charge in [-0.05, 0) is 55.8 Å². The van der Waals surface area contributed by atoms with Crippen LogP contribution in [-0.2, 0) is 9.57 Å². The molecule has 174 valence electrons. The molecule has 2 aromatic carbocycles. The van der Waals surface area contributed by atoms with Crippen LogP contribution in [0, 0.1) is 5.82 Å². The fraction of sp³-hybridized carbons (Fsp3) is 0.250. The van der Waals surface area contributed by atoms with Crippen molar-refractivity contribution in [2.75, 3.05) is 25.6 Å². The quantitative estimate of drug-likeness (QED) is 0.180. The van der Waals surface area contributed by atoms with Crippen LogP contribution in [0.3, 0.4) is 0 Å². The van der Waals surface area contributed by atoms with Crippen molar-refractivity contribution in [3.05, 3.63) is 71.9 Å². The van der Waals surface area contributed by atoms with E-state index in [1.165, 1.54) is 25.5 Å². The molecule has 0 aliphatic rings. The lowest BCUT2D eigenvalue weighted by Crippen LogP contribution is -2.14. The first-order valence-corrected chi connectivity index (χ1v) is 10.5. The molecule has 0 spiro atoms. The molecule has 9 heteroatoms. The van der Waals surface area contributed by atoms with Gasteiger partial charge in [-0.2, -0.15) is 0 Å². The molecule has 0 aliphatic heterocycles. The lowest BCUT2D eigenvalue weighted by Gasteiger charge is -2.12. The van der Waals surface area contributed by atoms with E-state index < -0.39 is 5.97 Å². The maximum absolute atomic E-state index is 13.2. The lowest BCUT2D eigenvalue weighted by atomic mass is 10.1. The summed E-state index contributed by atoms with van der Waals surface area (Å²) in [4.78, 5) is 17.6. The minimum atomic E-state index is -0.482. The van der Waals surface area contributed by atoms with Crippen LogP contribution in [0.25, 0.3) is 17.0 Å². The summed E-state index contributed by atoms with van der Waals surface area (Å²) >= 11 is 0. The maximum atomic E-state index is 13.2. The number of halogens is 1. The van der Waals surface area contributed by atoms with E-state index >= 15 is 0 Å². The summed E-state index contributed by atoms with van der Waals surface area (Å²) in [5.74, 6) is -0.0604. The first-order chi connectivity index (χ1) is 16.0. The van der Waals surface area contributed by atoms with Crippen molar-refractivity contribution < 1.29 is 28.0 Å². The normalized spacial score (nSPS) is 11.2. The van der Waals surface area contributed by atoms with E-state index in [2.05, 4.69) is 16.0 Å². The van der Waals surface area contributed by atoms with Gasteiger partial charge >= 0.3 is 5.97 Å². The average molecular weight is 455 g/mol. The zero-order valence-corrected chi connectivity index (χ0v) is 18.7. The fourth-order valence-electron chi connectivity index (χ4n) is 2.87. The molecule has 2 N–H and O–H groups in total. The molecule has 0 fully saturated rings. The second-order valence-corrected chi connectivity index (χ2v) is 6.91. The molecule has 0 amide bonds. The molecule has 33 heavy (non-hydrogen) atoms. The zero-order chi connectivity index (χ0) is 23.6. The van der Waals surface area contributed by atoms with Crippen LogP contribution in [0.1, 0.15) is 36.4 Å². The molecule has 0 aliphatic carbocycles. The van der Waals surface area contributed by atoms with Crippen molar-refractivity contribution in [2.45, 2.75) is 20.3 Å². The van der Waals surface area contributed by atoms with Crippen LogP contribution in [0.15, 0.2) is 59.3 Å². The predicted octanol–water partition coefficient (Wildman–Crippen LogP) is 5.01. The van der Waals surface area contributed by atoms with E-state index in [-0.39, 0.29) is 5.82 Å². The second kappa shape index (κ2) is 11.7. The number of carbonyl (C=O) groups is 1. The Bertz CT molecular complexity index is 1100. The molecular formula is C24H26FN3O5. The first kappa shape index (κ1) is 23.8. The van der Waals surface area contributed by atoms with Gasteiger partial charge in [-0.3, -0.25) is 10.3 Å². The van der Waals surface area contributed by atoms with Gasteiger partial charge < -0.3 is 19.3 Å². The van der Waals surface area contributed by atoms with E-state index in [1.54, 1.807) is 36.4 Å². The smallest absolute Gasteiger partial charge is 0.340 e.